The Labute approximate surface area is 237 Å². The average Bonchev–Trinajstić information content (AvgIpc) is 2.98. The molecule has 7 heteroatoms. The largest absolute Gasteiger partial charge is 0.457 e. The van der Waals surface area contributed by atoms with Crippen molar-refractivity contribution in [3.05, 3.63) is 59.7 Å². The van der Waals surface area contributed by atoms with Crippen LogP contribution < -0.4 is 10.1 Å². The Hall–Kier alpha value is -3.34. The summed E-state index contributed by atoms with van der Waals surface area (Å²) in [6.45, 7) is 6.14. The van der Waals surface area contributed by atoms with Gasteiger partial charge in [0.25, 0.3) is 0 Å². The maximum absolute atomic E-state index is 13.7. The summed E-state index contributed by atoms with van der Waals surface area (Å²) in [6, 6.07) is 15.2. The smallest absolute Gasteiger partial charge is 0.249 e. The van der Waals surface area contributed by atoms with Gasteiger partial charge >= 0.3 is 0 Å². The summed E-state index contributed by atoms with van der Waals surface area (Å²) in [4.78, 5) is 31.4. The molecule has 3 aliphatic rings. The highest BCUT2D eigenvalue weighted by molar-refractivity contribution is 6.00. The van der Waals surface area contributed by atoms with Crippen LogP contribution in [0.2, 0.25) is 0 Å². The SMILES string of the molecule is CC#CCN1C(=O)C(C(O)C2CCCCC2)NC(=O)C12CCN(Cc1ccc(Oc3ccc(C)cc3)cc1)CC2. The molecule has 212 valence electrons. The zero-order valence-electron chi connectivity index (χ0n) is 23.7. The van der Waals surface area contributed by atoms with Gasteiger partial charge in [0, 0.05) is 19.6 Å². The molecular weight excluding hydrogens is 502 g/mol. The number of rotatable bonds is 7. The molecule has 2 amide bonds. The van der Waals surface area contributed by atoms with Crippen LogP contribution in [0.25, 0.3) is 0 Å². The number of carbonyl (C=O) groups is 2. The second kappa shape index (κ2) is 12.4. The van der Waals surface area contributed by atoms with Gasteiger partial charge in [-0.15, -0.1) is 5.92 Å². The number of hydrogen-bond acceptors (Lipinski definition) is 5. The first-order valence-corrected chi connectivity index (χ1v) is 14.7. The van der Waals surface area contributed by atoms with Crippen LogP contribution in [0.1, 0.15) is 63.0 Å². The Bertz CT molecular complexity index is 1230. The van der Waals surface area contributed by atoms with Crippen LogP contribution in [-0.2, 0) is 16.1 Å². The molecular formula is C33H41N3O4. The Kier molecular flexibility index (Phi) is 8.78. The molecule has 2 unspecified atom stereocenters. The van der Waals surface area contributed by atoms with E-state index in [0.29, 0.717) is 25.9 Å². The van der Waals surface area contributed by atoms with Crippen molar-refractivity contribution in [2.45, 2.75) is 83.0 Å². The number of piperidine rings is 1. The van der Waals surface area contributed by atoms with Crippen molar-refractivity contribution in [2.24, 2.45) is 5.92 Å². The second-order valence-electron chi connectivity index (χ2n) is 11.6. The van der Waals surface area contributed by atoms with Crippen LogP contribution in [0.4, 0.5) is 0 Å². The highest BCUT2D eigenvalue weighted by atomic mass is 16.5. The topological polar surface area (TPSA) is 82.1 Å². The molecule has 0 bridgehead atoms. The van der Waals surface area contributed by atoms with Gasteiger partial charge in [0.2, 0.25) is 11.8 Å². The molecule has 0 radical (unpaired) electrons. The minimum absolute atomic E-state index is 0.0479. The quantitative estimate of drug-likeness (QED) is 0.506. The predicted octanol–water partition coefficient (Wildman–Crippen LogP) is 4.41. The number of likely N-dealkylation sites (tertiary alicyclic amines) is 1. The van der Waals surface area contributed by atoms with Gasteiger partial charge < -0.3 is 20.1 Å². The van der Waals surface area contributed by atoms with E-state index in [0.717, 1.165) is 50.1 Å². The molecule has 2 aromatic rings. The molecule has 3 fully saturated rings. The number of aliphatic hydroxyl groups excluding tert-OH is 1. The number of nitrogens with one attached hydrogen (secondary N) is 1. The molecule has 2 heterocycles. The number of amides is 2. The van der Waals surface area contributed by atoms with Crippen molar-refractivity contribution < 1.29 is 19.4 Å². The van der Waals surface area contributed by atoms with Crippen molar-refractivity contribution >= 4 is 11.8 Å². The minimum atomic E-state index is -0.925. The summed E-state index contributed by atoms with van der Waals surface area (Å²) in [5.41, 5.74) is 1.44. The molecule has 2 atom stereocenters. The number of carbonyl (C=O) groups excluding carboxylic acids is 2. The lowest BCUT2D eigenvalue weighted by Gasteiger charge is -2.52. The molecule has 2 aliphatic heterocycles. The van der Waals surface area contributed by atoms with Crippen molar-refractivity contribution in [2.75, 3.05) is 19.6 Å². The number of hydrogen-bond donors (Lipinski definition) is 2. The van der Waals surface area contributed by atoms with Crippen LogP contribution in [0.3, 0.4) is 0 Å². The Morgan fingerprint density at radius 2 is 1.62 bits per heavy atom. The fourth-order valence-corrected chi connectivity index (χ4v) is 6.45. The van der Waals surface area contributed by atoms with Gasteiger partial charge in [0.05, 0.1) is 12.6 Å². The molecule has 0 aromatic heterocycles. The standard InChI is InChI=1S/C33H41N3O4/c1-3-4-20-36-31(38)29(30(37)26-8-6-5-7-9-26)34-32(39)33(36)18-21-35(22-19-33)23-25-12-16-28(17-13-25)40-27-14-10-24(2)11-15-27/h10-17,26,29-30,37H,5-9,18-23H2,1-2H3,(H,34,39). The first-order chi connectivity index (χ1) is 19.4. The van der Waals surface area contributed by atoms with E-state index < -0.39 is 17.7 Å². The number of aliphatic hydroxyl groups is 1. The summed E-state index contributed by atoms with van der Waals surface area (Å²) in [7, 11) is 0. The number of piperazine rings is 1. The van der Waals surface area contributed by atoms with E-state index in [9.17, 15) is 14.7 Å². The van der Waals surface area contributed by atoms with Crippen molar-refractivity contribution in [3.63, 3.8) is 0 Å². The summed E-state index contributed by atoms with van der Waals surface area (Å²) < 4.78 is 5.96. The van der Waals surface area contributed by atoms with E-state index in [4.69, 9.17) is 4.74 Å². The minimum Gasteiger partial charge on any atom is -0.457 e. The lowest BCUT2D eigenvalue weighted by Crippen LogP contribution is -2.75. The lowest BCUT2D eigenvalue weighted by molar-refractivity contribution is -0.164. The van der Waals surface area contributed by atoms with Crippen LogP contribution in [0.15, 0.2) is 48.5 Å². The molecule has 1 saturated carbocycles. The van der Waals surface area contributed by atoms with Gasteiger partial charge in [-0.25, -0.2) is 0 Å². The maximum atomic E-state index is 13.7. The monoisotopic (exact) mass is 543 g/mol. The van der Waals surface area contributed by atoms with E-state index in [1.807, 2.05) is 36.4 Å². The van der Waals surface area contributed by atoms with E-state index in [1.54, 1.807) is 11.8 Å². The van der Waals surface area contributed by atoms with Gasteiger partial charge in [-0.05, 0) is 75.3 Å². The number of ether oxygens (including phenoxy) is 1. The average molecular weight is 544 g/mol. The van der Waals surface area contributed by atoms with Crippen LogP contribution >= 0.6 is 0 Å². The second-order valence-corrected chi connectivity index (χ2v) is 11.6. The number of benzene rings is 2. The Morgan fingerprint density at radius 1 is 1.00 bits per heavy atom. The van der Waals surface area contributed by atoms with Crippen LogP contribution in [0, 0.1) is 24.7 Å². The summed E-state index contributed by atoms with van der Waals surface area (Å²) >= 11 is 0. The Balaban J connectivity index is 1.22. The molecule has 1 spiro atoms. The zero-order valence-corrected chi connectivity index (χ0v) is 23.7. The van der Waals surface area contributed by atoms with Crippen molar-refractivity contribution in [3.8, 4) is 23.3 Å². The maximum Gasteiger partial charge on any atom is 0.249 e. The zero-order chi connectivity index (χ0) is 28.1. The molecule has 1 aliphatic carbocycles. The first kappa shape index (κ1) is 28.2. The highest BCUT2D eigenvalue weighted by Crippen LogP contribution is 2.36. The molecule has 2 aromatic carbocycles. The molecule has 7 nitrogen and oxygen atoms in total. The number of aryl methyl sites for hydroxylation is 1. The van der Waals surface area contributed by atoms with Gasteiger partial charge in [-0.2, -0.15) is 0 Å². The van der Waals surface area contributed by atoms with Crippen LogP contribution in [-0.4, -0.2) is 64.0 Å². The fourth-order valence-electron chi connectivity index (χ4n) is 6.45. The van der Waals surface area contributed by atoms with Crippen molar-refractivity contribution in [1.29, 1.82) is 0 Å². The number of nitrogens with zero attached hydrogens (tertiary/aromatic N) is 2. The van der Waals surface area contributed by atoms with E-state index in [1.165, 1.54) is 11.1 Å². The summed E-state index contributed by atoms with van der Waals surface area (Å²) in [6.07, 6.45) is 5.30. The third kappa shape index (κ3) is 6.04. The molecule has 2 saturated heterocycles. The third-order valence-electron chi connectivity index (χ3n) is 8.92. The first-order valence-electron chi connectivity index (χ1n) is 14.7. The van der Waals surface area contributed by atoms with Crippen molar-refractivity contribution in [1.82, 2.24) is 15.1 Å². The highest BCUT2D eigenvalue weighted by Gasteiger charge is 2.55. The fraction of sp³-hybridized carbons (Fsp3) is 0.515. The van der Waals surface area contributed by atoms with Gasteiger partial charge in [0.15, 0.2) is 0 Å². The molecule has 40 heavy (non-hydrogen) atoms. The predicted molar refractivity (Wildman–Crippen MR) is 155 cm³/mol. The lowest BCUT2D eigenvalue weighted by atomic mass is 9.78. The summed E-state index contributed by atoms with van der Waals surface area (Å²) in [5, 5.41) is 14.1. The van der Waals surface area contributed by atoms with Gasteiger partial charge in [-0.1, -0.05) is 55.0 Å². The normalized spacial score (nSPS) is 22.4. The van der Waals surface area contributed by atoms with E-state index >= 15 is 0 Å². The molecule has 2 N–H and O–H groups in total. The van der Waals surface area contributed by atoms with Gasteiger partial charge in [-0.3, -0.25) is 14.5 Å². The van der Waals surface area contributed by atoms with Gasteiger partial charge in [0.1, 0.15) is 23.1 Å². The molecule has 5 rings (SSSR count). The van der Waals surface area contributed by atoms with E-state index in [-0.39, 0.29) is 24.3 Å². The summed E-state index contributed by atoms with van der Waals surface area (Å²) in [5.74, 6) is 7.21. The van der Waals surface area contributed by atoms with E-state index in [2.05, 4.69) is 41.1 Å². The Morgan fingerprint density at radius 3 is 2.25 bits per heavy atom. The van der Waals surface area contributed by atoms with Crippen LogP contribution in [0.5, 0.6) is 11.5 Å². The third-order valence-corrected chi connectivity index (χ3v) is 8.92.